The Labute approximate surface area is 206 Å². The van der Waals surface area contributed by atoms with Gasteiger partial charge in [-0.3, -0.25) is 14.4 Å². The van der Waals surface area contributed by atoms with Gasteiger partial charge in [-0.05, 0) is 83.7 Å². The first kappa shape index (κ1) is 32.2. The van der Waals surface area contributed by atoms with Gasteiger partial charge in [-0.1, -0.05) is 19.3 Å². The van der Waals surface area contributed by atoms with Gasteiger partial charge in [-0.25, -0.2) is 0 Å². The van der Waals surface area contributed by atoms with Gasteiger partial charge in [0.25, 0.3) is 0 Å². The third-order valence-electron chi connectivity index (χ3n) is 5.57. The molecule has 9 N–H and O–H groups in total. The smallest absolute Gasteiger partial charge is 0.244 e. The number of hydrogen-bond acceptors (Lipinski definition) is 7. The van der Waals surface area contributed by atoms with Crippen LogP contribution in [0.5, 0.6) is 0 Å². The van der Waals surface area contributed by atoms with Gasteiger partial charge in [-0.2, -0.15) is 0 Å². The molecule has 0 fully saturated rings. The minimum Gasteiger partial charge on any atom is -0.354 e. The second kappa shape index (κ2) is 23.0. The molecule has 0 saturated carbocycles. The molecule has 200 valence electrons. The molecule has 0 saturated heterocycles. The van der Waals surface area contributed by atoms with Gasteiger partial charge in [-0.15, -0.1) is 0 Å². The lowest BCUT2D eigenvalue weighted by Crippen LogP contribution is -2.52. The number of carbonyl (C=O) groups is 3. The largest absolute Gasteiger partial charge is 0.354 e. The van der Waals surface area contributed by atoms with Crippen LogP contribution >= 0.6 is 0 Å². The molecule has 0 aromatic carbocycles. The van der Waals surface area contributed by atoms with Crippen LogP contribution < -0.4 is 38.1 Å². The molecule has 0 aliphatic carbocycles. The summed E-state index contributed by atoms with van der Waals surface area (Å²) in [6, 6.07) is -0.753. The van der Waals surface area contributed by atoms with E-state index in [1.165, 1.54) is 20.3 Å². The third kappa shape index (κ3) is 20.8. The SMILES string of the molecule is CC(=O)NCC(NC(C)=O)C(=O)NCCCCCCC(CNCCCCN)CNCCCCN. The zero-order valence-corrected chi connectivity index (χ0v) is 21.6. The molecule has 34 heavy (non-hydrogen) atoms. The Bertz CT molecular complexity index is 521. The first-order valence-electron chi connectivity index (χ1n) is 13.0. The van der Waals surface area contributed by atoms with E-state index in [1.54, 1.807) is 0 Å². The predicted molar refractivity (Wildman–Crippen MR) is 138 cm³/mol. The van der Waals surface area contributed by atoms with Crippen molar-refractivity contribution in [3.05, 3.63) is 0 Å². The minimum atomic E-state index is -0.753. The number of amides is 3. The van der Waals surface area contributed by atoms with Crippen molar-refractivity contribution in [2.75, 3.05) is 52.4 Å². The second-order valence-corrected chi connectivity index (χ2v) is 8.95. The zero-order chi connectivity index (χ0) is 25.4. The summed E-state index contributed by atoms with van der Waals surface area (Å²) >= 11 is 0. The highest BCUT2D eigenvalue weighted by molar-refractivity contribution is 5.87. The molecule has 0 heterocycles. The average molecular weight is 486 g/mol. The molecule has 1 atom stereocenters. The second-order valence-electron chi connectivity index (χ2n) is 8.95. The van der Waals surface area contributed by atoms with Crippen molar-refractivity contribution in [3.63, 3.8) is 0 Å². The van der Waals surface area contributed by atoms with Crippen LogP contribution in [0.25, 0.3) is 0 Å². The molecule has 0 aliphatic rings. The summed E-state index contributed by atoms with van der Waals surface area (Å²) in [7, 11) is 0. The van der Waals surface area contributed by atoms with Gasteiger partial charge in [0.15, 0.2) is 0 Å². The molecule has 0 aromatic heterocycles. The van der Waals surface area contributed by atoms with Gasteiger partial charge in [0.1, 0.15) is 6.04 Å². The van der Waals surface area contributed by atoms with Gasteiger partial charge < -0.3 is 38.1 Å². The van der Waals surface area contributed by atoms with Crippen molar-refractivity contribution in [1.82, 2.24) is 26.6 Å². The minimum absolute atomic E-state index is 0.0860. The van der Waals surface area contributed by atoms with Crippen LogP contribution in [0.1, 0.15) is 71.6 Å². The van der Waals surface area contributed by atoms with Crippen molar-refractivity contribution in [1.29, 1.82) is 0 Å². The lowest BCUT2D eigenvalue weighted by molar-refractivity contribution is -0.128. The predicted octanol–water partition coefficient (Wildman–Crippen LogP) is -0.0329. The van der Waals surface area contributed by atoms with Crippen molar-refractivity contribution in [2.24, 2.45) is 17.4 Å². The van der Waals surface area contributed by atoms with E-state index in [0.29, 0.717) is 12.5 Å². The van der Waals surface area contributed by atoms with E-state index in [-0.39, 0.29) is 24.3 Å². The molecular weight excluding hydrogens is 434 g/mol. The fourth-order valence-corrected chi connectivity index (χ4v) is 3.62. The molecule has 0 spiro atoms. The molecule has 3 amide bonds. The van der Waals surface area contributed by atoms with E-state index in [4.69, 9.17) is 11.5 Å². The molecule has 0 aromatic rings. The number of nitrogens with two attached hydrogens (primary N) is 2. The van der Waals surface area contributed by atoms with E-state index >= 15 is 0 Å². The lowest BCUT2D eigenvalue weighted by atomic mass is 10.00. The van der Waals surface area contributed by atoms with E-state index in [1.807, 2.05) is 0 Å². The maximum atomic E-state index is 12.3. The summed E-state index contributed by atoms with van der Waals surface area (Å²) in [6.07, 6.45) is 9.73. The number of carbonyl (C=O) groups excluding carboxylic acids is 3. The Kier molecular flexibility index (Phi) is 21.8. The van der Waals surface area contributed by atoms with Crippen LogP contribution in [-0.4, -0.2) is 76.1 Å². The fourth-order valence-electron chi connectivity index (χ4n) is 3.62. The molecule has 0 rings (SSSR count). The Morgan fingerprint density at radius 2 is 1.21 bits per heavy atom. The van der Waals surface area contributed by atoms with E-state index in [9.17, 15) is 14.4 Å². The summed E-state index contributed by atoms with van der Waals surface area (Å²) in [6.45, 7) is 8.94. The quantitative estimate of drug-likeness (QED) is 0.0999. The van der Waals surface area contributed by atoms with Crippen LogP contribution in [0.3, 0.4) is 0 Å². The molecule has 0 radical (unpaired) electrons. The zero-order valence-electron chi connectivity index (χ0n) is 21.6. The highest BCUT2D eigenvalue weighted by Gasteiger charge is 2.19. The highest BCUT2D eigenvalue weighted by Crippen LogP contribution is 2.10. The maximum absolute atomic E-state index is 12.3. The molecular formula is C24H51N7O3. The van der Waals surface area contributed by atoms with Crippen molar-refractivity contribution in [3.8, 4) is 0 Å². The standard InChI is InChI=1S/C24H51N7O3/c1-20(32)30-19-23(31-21(2)33)24(34)29-16-8-4-3-5-11-22(17-27-14-9-6-12-25)18-28-15-10-7-13-26/h22-23,27-28H,3-19,25-26H2,1-2H3,(H,29,34)(H,30,32)(H,31,33). The lowest BCUT2D eigenvalue weighted by Gasteiger charge is -2.19. The topological polar surface area (TPSA) is 163 Å². The van der Waals surface area contributed by atoms with E-state index in [0.717, 1.165) is 90.6 Å². The summed E-state index contributed by atoms with van der Waals surface area (Å²) in [4.78, 5) is 34.7. The molecule has 10 nitrogen and oxygen atoms in total. The van der Waals surface area contributed by atoms with Crippen molar-refractivity contribution >= 4 is 17.7 Å². The third-order valence-corrected chi connectivity index (χ3v) is 5.57. The number of nitrogens with one attached hydrogen (secondary N) is 5. The maximum Gasteiger partial charge on any atom is 0.244 e. The van der Waals surface area contributed by atoms with Crippen LogP contribution in [0.4, 0.5) is 0 Å². The van der Waals surface area contributed by atoms with Crippen molar-refractivity contribution in [2.45, 2.75) is 77.7 Å². The molecule has 10 heteroatoms. The van der Waals surface area contributed by atoms with E-state index in [2.05, 4.69) is 26.6 Å². The van der Waals surface area contributed by atoms with E-state index < -0.39 is 6.04 Å². The van der Waals surface area contributed by atoms with Gasteiger partial charge in [0.2, 0.25) is 17.7 Å². The summed E-state index contributed by atoms with van der Waals surface area (Å²) in [5.41, 5.74) is 11.1. The Morgan fingerprint density at radius 3 is 1.74 bits per heavy atom. The van der Waals surface area contributed by atoms with Gasteiger partial charge in [0.05, 0.1) is 0 Å². The number of hydrogen-bond donors (Lipinski definition) is 7. The van der Waals surface area contributed by atoms with Crippen molar-refractivity contribution < 1.29 is 14.4 Å². The summed E-state index contributed by atoms with van der Waals surface area (Å²) < 4.78 is 0. The number of unbranched alkanes of at least 4 members (excludes halogenated alkanes) is 5. The highest BCUT2D eigenvalue weighted by atomic mass is 16.2. The molecule has 0 bridgehead atoms. The average Bonchev–Trinajstić information content (AvgIpc) is 2.79. The summed E-state index contributed by atoms with van der Waals surface area (Å²) in [5.74, 6) is -0.214. The first-order chi connectivity index (χ1) is 16.4. The fraction of sp³-hybridized carbons (Fsp3) is 0.875. The molecule has 0 aliphatic heterocycles. The number of rotatable bonds is 23. The molecule has 1 unspecified atom stereocenters. The Hall–Kier alpha value is -1.75. The normalized spacial score (nSPS) is 11.9. The van der Waals surface area contributed by atoms with Gasteiger partial charge in [0, 0.05) is 26.9 Å². The first-order valence-corrected chi connectivity index (χ1v) is 13.0. The van der Waals surface area contributed by atoms with Crippen LogP contribution in [0.15, 0.2) is 0 Å². The Morgan fingerprint density at radius 1 is 0.647 bits per heavy atom. The monoisotopic (exact) mass is 485 g/mol. The van der Waals surface area contributed by atoms with Gasteiger partial charge >= 0.3 is 0 Å². The van der Waals surface area contributed by atoms with Crippen LogP contribution in [0, 0.1) is 5.92 Å². The van der Waals surface area contributed by atoms with Crippen LogP contribution in [-0.2, 0) is 14.4 Å². The van der Waals surface area contributed by atoms with Crippen LogP contribution in [0.2, 0.25) is 0 Å². The summed E-state index contributed by atoms with van der Waals surface area (Å²) in [5, 5.41) is 15.1. The Balaban J connectivity index is 4.11.